The van der Waals surface area contributed by atoms with Gasteiger partial charge in [-0.1, -0.05) is 75.8 Å². The van der Waals surface area contributed by atoms with Crippen LogP contribution in [0.1, 0.15) is 63.4 Å². The largest absolute Gasteiger partial charge is 0.392 e. The smallest absolute Gasteiger partial charge is 0.0620 e. The minimum Gasteiger partial charge on any atom is -0.392 e. The highest BCUT2D eigenvalue weighted by molar-refractivity contribution is 5.21. The van der Waals surface area contributed by atoms with Crippen LogP contribution in [0.5, 0.6) is 0 Å². The van der Waals surface area contributed by atoms with Gasteiger partial charge in [0.15, 0.2) is 0 Å². The second kappa shape index (κ2) is 9.99. The van der Waals surface area contributed by atoms with E-state index in [0.717, 1.165) is 18.4 Å². The Balaban J connectivity index is 2.28. The first kappa shape index (κ1) is 16.2. The average Bonchev–Trinajstić information content (AvgIpc) is 2.45. The molecule has 1 aromatic rings. The van der Waals surface area contributed by atoms with Crippen LogP contribution in [-0.4, -0.2) is 17.8 Å². The predicted octanol–water partition coefficient (Wildman–Crippen LogP) is 3.84. The molecule has 0 spiro atoms. The van der Waals surface area contributed by atoms with E-state index in [1.165, 1.54) is 32.1 Å². The maximum atomic E-state index is 10.3. The molecular formula is C17H29NO. The van der Waals surface area contributed by atoms with Gasteiger partial charge < -0.3 is 10.8 Å². The zero-order valence-corrected chi connectivity index (χ0v) is 12.2. The minimum absolute atomic E-state index is 0.0804. The Morgan fingerprint density at radius 1 is 1.00 bits per heavy atom. The summed E-state index contributed by atoms with van der Waals surface area (Å²) < 4.78 is 0. The van der Waals surface area contributed by atoms with Crippen LogP contribution in [-0.2, 0) is 0 Å². The number of benzene rings is 1. The Morgan fingerprint density at radius 2 is 1.63 bits per heavy atom. The van der Waals surface area contributed by atoms with Gasteiger partial charge in [-0.05, 0) is 12.0 Å². The molecule has 0 aromatic heterocycles. The van der Waals surface area contributed by atoms with Crippen LogP contribution in [0.3, 0.4) is 0 Å². The maximum Gasteiger partial charge on any atom is 0.0620 e. The van der Waals surface area contributed by atoms with Crippen LogP contribution >= 0.6 is 0 Å². The summed E-state index contributed by atoms with van der Waals surface area (Å²) in [5.41, 5.74) is 6.97. The van der Waals surface area contributed by atoms with Crippen LogP contribution in [0.15, 0.2) is 30.3 Å². The van der Waals surface area contributed by atoms with Gasteiger partial charge >= 0.3 is 0 Å². The number of aliphatic hydroxyl groups is 1. The quantitative estimate of drug-likeness (QED) is 0.630. The number of rotatable bonds is 10. The molecule has 2 unspecified atom stereocenters. The topological polar surface area (TPSA) is 46.2 Å². The zero-order valence-electron chi connectivity index (χ0n) is 12.2. The zero-order chi connectivity index (χ0) is 13.9. The molecule has 0 aliphatic carbocycles. The molecule has 19 heavy (non-hydrogen) atoms. The summed E-state index contributed by atoms with van der Waals surface area (Å²) in [5.74, 6) is 0.0804. The van der Waals surface area contributed by atoms with Gasteiger partial charge in [0.25, 0.3) is 0 Å². The molecule has 0 aliphatic heterocycles. The van der Waals surface area contributed by atoms with Crippen LogP contribution in [0.4, 0.5) is 0 Å². The van der Waals surface area contributed by atoms with Crippen molar-refractivity contribution in [2.45, 2.75) is 63.9 Å². The lowest BCUT2D eigenvalue weighted by Gasteiger charge is -2.21. The van der Waals surface area contributed by atoms with Crippen molar-refractivity contribution < 1.29 is 5.11 Å². The molecule has 3 N–H and O–H groups in total. The van der Waals surface area contributed by atoms with E-state index in [2.05, 4.69) is 19.1 Å². The summed E-state index contributed by atoms with van der Waals surface area (Å²) in [6.45, 7) is 2.75. The Morgan fingerprint density at radius 3 is 2.26 bits per heavy atom. The maximum absolute atomic E-state index is 10.3. The molecule has 2 nitrogen and oxygen atoms in total. The van der Waals surface area contributed by atoms with Gasteiger partial charge in [0.1, 0.15) is 0 Å². The van der Waals surface area contributed by atoms with E-state index >= 15 is 0 Å². The van der Waals surface area contributed by atoms with Gasteiger partial charge in [-0.25, -0.2) is 0 Å². The fourth-order valence-electron chi connectivity index (χ4n) is 2.55. The number of hydrogen-bond donors (Lipinski definition) is 2. The average molecular weight is 263 g/mol. The highest BCUT2D eigenvalue weighted by Gasteiger charge is 2.18. The molecule has 108 valence electrons. The Labute approximate surface area is 118 Å². The Bertz CT molecular complexity index is 312. The number of aliphatic hydroxyl groups excluding tert-OH is 1. The van der Waals surface area contributed by atoms with Crippen molar-refractivity contribution >= 4 is 0 Å². The first-order chi connectivity index (χ1) is 9.29. The highest BCUT2D eigenvalue weighted by Crippen LogP contribution is 2.22. The van der Waals surface area contributed by atoms with Crippen molar-refractivity contribution in [1.29, 1.82) is 0 Å². The molecular weight excluding hydrogens is 234 g/mol. The Hall–Kier alpha value is -0.860. The van der Waals surface area contributed by atoms with E-state index in [9.17, 15) is 5.11 Å². The van der Waals surface area contributed by atoms with Crippen LogP contribution in [0, 0.1) is 0 Å². The second-order valence-electron chi connectivity index (χ2n) is 5.38. The third-order valence-corrected chi connectivity index (χ3v) is 3.80. The summed E-state index contributed by atoms with van der Waals surface area (Å²) in [6.07, 6.45) is 8.12. The third-order valence-electron chi connectivity index (χ3n) is 3.80. The molecule has 2 heteroatoms. The molecule has 0 bridgehead atoms. The molecule has 1 rings (SSSR count). The molecule has 0 fully saturated rings. The molecule has 0 aliphatic rings. The van der Waals surface area contributed by atoms with Gasteiger partial charge in [-0.2, -0.15) is 0 Å². The summed E-state index contributed by atoms with van der Waals surface area (Å²) in [6, 6.07) is 10.1. The monoisotopic (exact) mass is 263 g/mol. The van der Waals surface area contributed by atoms with Crippen LogP contribution in [0.2, 0.25) is 0 Å². The van der Waals surface area contributed by atoms with Crippen molar-refractivity contribution in [2.24, 2.45) is 5.73 Å². The van der Waals surface area contributed by atoms with Crippen molar-refractivity contribution in [3.63, 3.8) is 0 Å². The summed E-state index contributed by atoms with van der Waals surface area (Å²) in [5, 5.41) is 10.3. The third kappa shape index (κ3) is 6.22. The van der Waals surface area contributed by atoms with Crippen molar-refractivity contribution in [2.75, 3.05) is 6.54 Å². The molecule has 0 radical (unpaired) electrons. The number of nitrogens with two attached hydrogens (primary N) is 1. The van der Waals surface area contributed by atoms with E-state index in [1.54, 1.807) is 0 Å². The lowest BCUT2D eigenvalue weighted by molar-refractivity contribution is 0.132. The molecule has 0 saturated heterocycles. The van der Waals surface area contributed by atoms with Gasteiger partial charge in [0.2, 0.25) is 0 Å². The molecule has 0 heterocycles. The van der Waals surface area contributed by atoms with Crippen molar-refractivity contribution in [3.05, 3.63) is 35.9 Å². The van der Waals surface area contributed by atoms with Crippen LogP contribution in [0.25, 0.3) is 0 Å². The highest BCUT2D eigenvalue weighted by atomic mass is 16.3. The SMILES string of the molecule is CCCCCCCCC(O)C(CN)c1ccccc1. The van der Waals surface area contributed by atoms with Crippen molar-refractivity contribution in [1.82, 2.24) is 0 Å². The fourth-order valence-corrected chi connectivity index (χ4v) is 2.55. The molecule has 2 atom stereocenters. The van der Waals surface area contributed by atoms with Gasteiger partial charge in [0, 0.05) is 12.5 Å². The minimum atomic E-state index is -0.307. The van der Waals surface area contributed by atoms with Gasteiger partial charge in [0.05, 0.1) is 6.10 Å². The summed E-state index contributed by atoms with van der Waals surface area (Å²) >= 11 is 0. The first-order valence-electron chi connectivity index (χ1n) is 7.72. The van der Waals surface area contributed by atoms with E-state index < -0.39 is 0 Å². The Kier molecular flexibility index (Phi) is 8.52. The van der Waals surface area contributed by atoms with E-state index in [0.29, 0.717) is 6.54 Å². The lowest BCUT2D eigenvalue weighted by atomic mass is 9.90. The standard InChI is InChI=1S/C17H29NO/c1-2-3-4-5-6-10-13-17(19)16(14-18)15-11-8-7-9-12-15/h7-9,11-12,16-17,19H,2-6,10,13-14,18H2,1H3. The normalized spacial score (nSPS) is 14.3. The second-order valence-corrected chi connectivity index (χ2v) is 5.38. The number of unbranched alkanes of at least 4 members (excludes halogenated alkanes) is 5. The summed E-state index contributed by atoms with van der Waals surface area (Å²) in [7, 11) is 0. The lowest BCUT2D eigenvalue weighted by Crippen LogP contribution is -2.25. The number of hydrogen-bond acceptors (Lipinski definition) is 2. The van der Waals surface area contributed by atoms with E-state index in [-0.39, 0.29) is 12.0 Å². The molecule has 0 saturated carbocycles. The molecule has 0 amide bonds. The fraction of sp³-hybridized carbons (Fsp3) is 0.647. The van der Waals surface area contributed by atoms with E-state index in [1.807, 2.05) is 18.2 Å². The van der Waals surface area contributed by atoms with Gasteiger partial charge in [-0.3, -0.25) is 0 Å². The van der Waals surface area contributed by atoms with Gasteiger partial charge in [-0.15, -0.1) is 0 Å². The first-order valence-corrected chi connectivity index (χ1v) is 7.72. The molecule has 1 aromatic carbocycles. The van der Waals surface area contributed by atoms with Crippen LogP contribution < -0.4 is 5.73 Å². The van der Waals surface area contributed by atoms with Crippen molar-refractivity contribution in [3.8, 4) is 0 Å². The van der Waals surface area contributed by atoms with E-state index in [4.69, 9.17) is 5.73 Å². The summed E-state index contributed by atoms with van der Waals surface area (Å²) in [4.78, 5) is 0. The predicted molar refractivity (Wildman–Crippen MR) is 82.2 cm³/mol.